The Labute approximate surface area is 94.3 Å². The van der Waals surface area contributed by atoms with Crippen LogP contribution in [0.4, 0.5) is 0 Å². The second-order valence-electron chi connectivity index (χ2n) is 2.86. The van der Waals surface area contributed by atoms with E-state index in [0.29, 0.717) is 0 Å². The summed E-state index contributed by atoms with van der Waals surface area (Å²) in [6.07, 6.45) is 0. The molecule has 0 saturated carbocycles. The van der Waals surface area contributed by atoms with E-state index in [-0.39, 0.29) is 5.48 Å². The van der Waals surface area contributed by atoms with Gasteiger partial charge in [-0.3, -0.25) is 0 Å². The van der Waals surface area contributed by atoms with E-state index in [1.807, 2.05) is 0 Å². The van der Waals surface area contributed by atoms with Gasteiger partial charge in [0.15, 0.2) is 0 Å². The average molecular weight is 289 g/mol. The van der Waals surface area contributed by atoms with Crippen LogP contribution in [0.3, 0.4) is 0 Å². The molecule has 2 heteroatoms. The molecule has 0 aliphatic rings. The van der Waals surface area contributed by atoms with Crippen LogP contribution in [-0.2, 0) is 5.48 Å². The van der Waals surface area contributed by atoms with E-state index in [1.165, 1.54) is 7.16 Å². The standard InChI is InChI=1S/2C6H5.O.Sn/c2*1-2-4-6-5-3-1;;/h2*1-5H;;/q;;-2;+2. The minimum atomic E-state index is -0.517. The van der Waals surface area contributed by atoms with Gasteiger partial charge in [0.25, 0.3) is 0 Å². The van der Waals surface area contributed by atoms with E-state index in [2.05, 4.69) is 60.7 Å². The molecular weight excluding hydrogens is 279 g/mol. The summed E-state index contributed by atoms with van der Waals surface area (Å²) >= 11 is -0.517. The van der Waals surface area contributed by atoms with Gasteiger partial charge in [-0.15, -0.1) is 0 Å². The molecule has 0 aliphatic carbocycles. The molecule has 0 amide bonds. The van der Waals surface area contributed by atoms with Gasteiger partial charge in [0, 0.05) is 0 Å². The summed E-state index contributed by atoms with van der Waals surface area (Å²) in [7, 11) is 0. The first kappa shape index (κ1) is 11.3. The third-order valence-corrected chi connectivity index (χ3v) is 5.39. The van der Waals surface area contributed by atoms with E-state index in [0.717, 1.165) is 0 Å². The molecule has 2 rings (SSSR count). The van der Waals surface area contributed by atoms with Gasteiger partial charge < -0.3 is 5.48 Å². The average Bonchev–Trinajstić information content (AvgIpc) is 2.21. The second kappa shape index (κ2) is 5.83. The number of rotatable bonds is 2. The molecule has 0 heterocycles. The molecule has 14 heavy (non-hydrogen) atoms. The maximum atomic E-state index is 2.24. The van der Waals surface area contributed by atoms with E-state index in [1.54, 1.807) is 0 Å². The quantitative estimate of drug-likeness (QED) is 0.744. The van der Waals surface area contributed by atoms with Gasteiger partial charge in [-0.05, 0) is 0 Å². The molecule has 0 radical (unpaired) electrons. The van der Waals surface area contributed by atoms with Gasteiger partial charge in [-0.25, -0.2) is 0 Å². The first-order chi connectivity index (χ1) is 6.45. The van der Waals surface area contributed by atoms with Gasteiger partial charge in [0.1, 0.15) is 0 Å². The van der Waals surface area contributed by atoms with Gasteiger partial charge in [-0.1, -0.05) is 0 Å². The SMILES string of the molecule is [O-2].c1cc[c]([Sn+2][c]2ccccc2)cc1. The zero-order valence-corrected chi connectivity index (χ0v) is 10.5. The van der Waals surface area contributed by atoms with Crippen LogP contribution in [0.2, 0.25) is 0 Å². The van der Waals surface area contributed by atoms with Crippen LogP contribution in [0.5, 0.6) is 0 Å². The molecule has 0 atom stereocenters. The first-order valence-electron chi connectivity index (χ1n) is 4.32. The second-order valence-corrected chi connectivity index (χ2v) is 6.87. The van der Waals surface area contributed by atoms with Crippen molar-refractivity contribution in [2.75, 3.05) is 0 Å². The summed E-state index contributed by atoms with van der Waals surface area (Å²) < 4.78 is 3.08. The Bertz CT molecular complexity index is 321. The monoisotopic (exact) mass is 290 g/mol. The molecular formula is C12H10OSn. The van der Waals surface area contributed by atoms with Crippen molar-refractivity contribution in [3.8, 4) is 0 Å². The van der Waals surface area contributed by atoms with Crippen LogP contribution < -0.4 is 7.16 Å². The molecule has 0 bridgehead atoms. The zero-order chi connectivity index (χ0) is 8.93. The molecule has 0 aliphatic heterocycles. The van der Waals surface area contributed by atoms with Crippen molar-refractivity contribution in [3.05, 3.63) is 60.7 Å². The summed E-state index contributed by atoms with van der Waals surface area (Å²) in [6.45, 7) is 0. The molecule has 0 fully saturated rings. The topological polar surface area (TPSA) is 28.5 Å². The Morgan fingerprint density at radius 1 is 0.571 bits per heavy atom. The zero-order valence-electron chi connectivity index (χ0n) is 7.68. The predicted octanol–water partition coefficient (Wildman–Crippen LogP) is 1.22. The molecule has 0 saturated heterocycles. The Kier molecular flexibility index (Phi) is 4.70. The van der Waals surface area contributed by atoms with E-state index < -0.39 is 21.1 Å². The minimum absolute atomic E-state index is 0. The number of hydrogen-bond acceptors (Lipinski definition) is 0. The molecule has 2 aromatic rings. The predicted molar refractivity (Wildman–Crippen MR) is 58.6 cm³/mol. The molecule has 2 aromatic carbocycles. The van der Waals surface area contributed by atoms with E-state index in [4.69, 9.17) is 0 Å². The Hall–Kier alpha value is -0.801. The number of benzene rings is 2. The molecule has 0 spiro atoms. The Balaban J connectivity index is 0.000000980. The summed E-state index contributed by atoms with van der Waals surface area (Å²) in [5.74, 6) is 0. The van der Waals surface area contributed by atoms with Crippen LogP contribution in [0.1, 0.15) is 0 Å². The van der Waals surface area contributed by atoms with Crippen molar-refractivity contribution in [1.29, 1.82) is 0 Å². The summed E-state index contributed by atoms with van der Waals surface area (Å²) in [4.78, 5) is 0. The molecule has 0 N–H and O–H groups in total. The molecule has 68 valence electrons. The van der Waals surface area contributed by atoms with Crippen LogP contribution in [0.25, 0.3) is 0 Å². The molecule has 0 aromatic heterocycles. The van der Waals surface area contributed by atoms with Gasteiger partial charge in [0.2, 0.25) is 0 Å². The third-order valence-electron chi connectivity index (χ3n) is 1.84. The van der Waals surface area contributed by atoms with Crippen molar-refractivity contribution in [1.82, 2.24) is 0 Å². The van der Waals surface area contributed by atoms with E-state index in [9.17, 15) is 0 Å². The van der Waals surface area contributed by atoms with Crippen molar-refractivity contribution >= 4 is 28.3 Å². The van der Waals surface area contributed by atoms with Crippen LogP contribution in [0, 0.1) is 0 Å². The maximum absolute atomic E-state index is 2.24. The third kappa shape index (κ3) is 3.16. The normalized spacial score (nSPS) is 8.57. The van der Waals surface area contributed by atoms with Gasteiger partial charge in [-0.2, -0.15) is 0 Å². The van der Waals surface area contributed by atoms with Crippen LogP contribution in [0.15, 0.2) is 60.7 Å². The fourth-order valence-electron chi connectivity index (χ4n) is 1.21. The Morgan fingerprint density at radius 2 is 0.929 bits per heavy atom. The van der Waals surface area contributed by atoms with Crippen molar-refractivity contribution in [2.45, 2.75) is 0 Å². The summed E-state index contributed by atoms with van der Waals surface area (Å²) in [5.41, 5.74) is 0. The molecule has 1 nitrogen and oxygen atoms in total. The molecule has 0 unspecified atom stereocenters. The fraction of sp³-hybridized carbons (Fsp3) is 0. The summed E-state index contributed by atoms with van der Waals surface area (Å²) in [6, 6.07) is 21.6. The number of hydrogen-bond donors (Lipinski definition) is 0. The van der Waals surface area contributed by atoms with Crippen LogP contribution >= 0.6 is 0 Å². The first-order valence-corrected chi connectivity index (χ1v) is 7.18. The van der Waals surface area contributed by atoms with Crippen molar-refractivity contribution in [3.63, 3.8) is 0 Å². The van der Waals surface area contributed by atoms with Crippen molar-refractivity contribution < 1.29 is 5.48 Å². The van der Waals surface area contributed by atoms with Crippen molar-refractivity contribution in [2.24, 2.45) is 0 Å². The Morgan fingerprint density at radius 3 is 1.29 bits per heavy atom. The fourth-order valence-corrected chi connectivity index (χ4v) is 4.21. The van der Waals surface area contributed by atoms with E-state index >= 15 is 0 Å². The van der Waals surface area contributed by atoms with Gasteiger partial charge >= 0.3 is 89.0 Å². The van der Waals surface area contributed by atoms with Crippen LogP contribution in [-0.4, -0.2) is 21.1 Å². The summed E-state index contributed by atoms with van der Waals surface area (Å²) in [5, 5.41) is 0. The van der Waals surface area contributed by atoms with Gasteiger partial charge in [0.05, 0.1) is 0 Å².